The Hall–Kier alpha value is -2.09. The van der Waals surface area contributed by atoms with E-state index < -0.39 is 15.9 Å². The van der Waals surface area contributed by atoms with Crippen LogP contribution in [-0.2, 0) is 21.4 Å². The standard InChI is InChI=1S/C23H21Cl3N2O3S/c1-16(17-6-8-19(24)9-7-17)27-23(29)15-28(14-18-4-2-3-5-22(18)26)32(30,31)21-12-10-20(25)11-13-21/h2-13,16H,14-15H2,1H3,(H,27,29)/t16-/m1/s1. The summed E-state index contributed by atoms with van der Waals surface area (Å²) in [6.07, 6.45) is 0. The normalized spacial score (nSPS) is 12.5. The first-order valence-electron chi connectivity index (χ1n) is 9.71. The average Bonchev–Trinajstić information content (AvgIpc) is 2.75. The van der Waals surface area contributed by atoms with E-state index in [-0.39, 0.29) is 24.0 Å². The van der Waals surface area contributed by atoms with Crippen LogP contribution in [0.1, 0.15) is 24.1 Å². The van der Waals surface area contributed by atoms with Crippen molar-refractivity contribution in [2.45, 2.75) is 24.4 Å². The molecular formula is C23H21Cl3N2O3S. The highest BCUT2D eigenvalue weighted by molar-refractivity contribution is 7.89. The minimum Gasteiger partial charge on any atom is -0.348 e. The summed E-state index contributed by atoms with van der Waals surface area (Å²) in [5.74, 6) is -0.447. The van der Waals surface area contributed by atoms with Gasteiger partial charge >= 0.3 is 0 Å². The lowest BCUT2D eigenvalue weighted by Crippen LogP contribution is -2.41. The van der Waals surface area contributed by atoms with Gasteiger partial charge in [-0.3, -0.25) is 4.79 Å². The van der Waals surface area contributed by atoms with Gasteiger partial charge in [0, 0.05) is 21.6 Å². The minimum absolute atomic E-state index is 0.0347. The number of carbonyl (C=O) groups is 1. The number of sulfonamides is 1. The predicted molar refractivity (Wildman–Crippen MR) is 129 cm³/mol. The lowest BCUT2D eigenvalue weighted by atomic mass is 10.1. The summed E-state index contributed by atoms with van der Waals surface area (Å²) in [5, 5.41) is 4.26. The number of nitrogens with one attached hydrogen (secondary N) is 1. The largest absolute Gasteiger partial charge is 0.348 e. The van der Waals surface area contributed by atoms with E-state index in [1.165, 1.54) is 24.3 Å². The molecule has 1 amide bonds. The van der Waals surface area contributed by atoms with E-state index in [4.69, 9.17) is 34.8 Å². The van der Waals surface area contributed by atoms with Gasteiger partial charge in [-0.1, -0.05) is 65.1 Å². The van der Waals surface area contributed by atoms with Gasteiger partial charge in [0.05, 0.1) is 17.5 Å². The molecule has 168 valence electrons. The summed E-state index contributed by atoms with van der Waals surface area (Å²) in [7, 11) is -4.00. The molecule has 32 heavy (non-hydrogen) atoms. The van der Waals surface area contributed by atoms with Crippen LogP contribution in [0, 0.1) is 0 Å². The number of benzene rings is 3. The van der Waals surface area contributed by atoms with Crippen molar-refractivity contribution < 1.29 is 13.2 Å². The van der Waals surface area contributed by atoms with E-state index in [1.807, 2.05) is 6.92 Å². The summed E-state index contributed by atoms with van der Waals surface area (Å²) in [5.41, 5.74) is 1.44. The summed E-state index contributed by atoms with van der Waals surface area (Å²) >= 11 is 18.1. The fourth-order valence-electron chi connectivity index (χ4n) is 3.08. The SMILES string of the molecule is C[C@@H](NC(=O)CN(Cc1ccccc1Cl)S(=O)(=O)c1ccc(Cl)cc1)c1ccc(Cl)cc1. The fourth-order valence-corrected chi connectivity index (χ4v) is 4.90. The molecule has 0 saturated heterocycles. The number of amides is 1. The second-order valence-electron chi connectivity index (χ2n) is 7.16. The number of rotatable bonds is 8. The van der Waals surface area contributed by atoms with E-state index in [0.29, 0.717) is 20.6 Å². The number of hydrogen-bond acceptors (Lipinski definition) is 3. The van der Waals surface area contributed by atoms with E-state index in [1.54, 1.807) is 48.5 Å². The highest BCUT2D eigenvalue weighted by Crippen LogP contribution is 2.24. The summed E-state index contributed by atoms with van der Waals surface area (Å²) in [6.45, 7) is 1.37. The van der Waals surface area contributed by atoms with Crippen LogP contribution in [0.15, 0.2) is 77.7 Å². The molecule has 0 radical (unpaired) electrons. The molecule has 0 saturated carbocycles. The van der Waals surface area contributed by atoms with Crippen LogP contribution in [0.5, 0.6) is 0 Å². The quantitative estimate of drug-likeness (QED) is 0.421. The summed E-state index contributed by atoms with van der Waals surface area (Å²) in [6, 6.07) is 19.4. The van der Waals surface area contributed by atoms with Gasteiger partial charge in [-0.2, -0.15) is 4.31 Å². The number of nitrogens with zero attached hydrogens (tertiary/aromatic N) is 1. The Balaban J connectivity index is 1.84. The zero-order valence-corrected chi connectivity index (χ0v) is 20.2. The van der Waals surface area contributed by atoms with Crippen molar-refractivity contribution in [3.8, 4) is 0 Å². The Morgan fingerprint density at radius 2 is 1.47 bits per heavy atom. The third kappa shape index (κ3) is 6.24. The van der Waals surface area contributed by atoms with Crippen molar-refractivity contribution in [3.05, 3.63) is 99.0 Å². The van der Waals surface area contributed by atoms with Crippen molar-refractivity contribution in [3.63, 3.8) is 0 Å². The van der Waals surface area contributed by atoms with Gasteiger partial charge in [-0.05, 0) is 60.5 Å². The van der Waals surface area contributed by atoms with Crippen molar-refractivity contribution in [2.24, 2.45) is 0 Å². The molecule has 0 aliphatic heterocycles. The van der Waals surface area contributed by atoms with Gasteiger partial charge in [0.15, 0.2) is 0 Å². The molecule has 0 aromatic heterocycles. The molecule has 3 aromatic rings. The van der Waals surface area contributed by atoms with Gasteiger partial charge in [0.2, 0.25) is 15.9 Å². The van der Waals surface area contributed by atoms with Crippen LogP contribution in [0.2, 0.25) is 15.1 Å². The van der Waals surface area contributed by atoms with Crippen molar-refractivity contribution in [1.29, 1.82) is 0 Å². The van der Waals surface area contributed by atoms with Crippen LogP contribution >= 0.6 is 34.8 Å². The summed E-state index contributed by atoms with van der Waals surface area (Å²) < 4.78 is 27.8. The first-order valence-corrected chi connectivity index (χ1v) is 12.3. The van der Waals surface area contributed by atoms with Gasteiger partial charge in [-0.15, -0.1) is 0 Å². The highest BCUT2D eigenvalue weighted by Gasteiger charge is 2.28. The van der Waals surface area contributed by atoms with Gasteiger partial charge < -0.3 is 5.32 Å². The molecule has 0 spiro atoms. The maximum Gasteiger partial charge on any atom is 0.243 e. The molecule has 0 fully saturated rings. The Kier molecular flexibility index (Phi) is 8.20. The van der Waals surface area contributed by atoms with E-state index in [9.17, 15) is 13.2 Å². The molecule has 1 atom stereocenters. The third-order valence-electron chi connectivity index (χ3n) is 4.82. The molecule has 0 bridgehead atoms. The van der Waals surface area contributed by atoms with Crippen LogP contribution < -0.4 is 5.32 Å². The fraction of sp³-hybridized carbons (Fsp3) is 0.174. The topological polar surface area (TPSA) is 66.5 Å². The minimum atomic E-state index is -4.00. The van der Waals surface area contributed by atoms with E-state index in [2.05, 4.69) is 5.32 Å². The molecule has 1 N–H and O–H groups in total. The second kappa shape index (κ2) is 10.7. The number of halogens is 3. The zero-order valence-electron chi connectivity index (χ0n) is 17.1. The Morgan fingerprint density at radius 3 is 2.06 bits per heavy atom. The van der Waals surface area contributed by atoms with E-state index >= 15 is 0 Å². The Morgan fingerprint density at radius 1 is 0.906 bits per heavy atom. The molecule has 0 unspecified atom stereocenters. The van der Waals surface area contributed by atoms with Crippen LogP contribution in [0.25, 0.3) is 0 Å². The first kappa shape index (κ1) is 24.6. The van der Waals surface area contributed by atoms with Gasteiger partial charge in [-0.25, -0.2) is 8.42 Å². The lowest BCUT2D eigenvalue weighted by Gasteiger charge is -2.24. The van der Waals surface area contributed by atoms with Gasteiger partial charge in [0.25, 0.3) is 0 Å². The molecule has 0 aliphatic rings. The molecule has 0 heterocycles. The van der Waals surface area contributed by atoms with Crippen molar-refractivity contribution >= 4 is 50.7 Å². The van der Waals surface area contributed by atoms with Crippen LogP contribution in [0.4, 0.5) is 0 Å². The maximum absolute atomic E-state index is 13.3. The van der Waals surface area contributed by atoms with Crippen molar-refractivity contribution in [2.75, 3.05) is 6.54 Å². The van der Waals surface area contributed by atoms with Crippen LogP contribution in [0.3, 0.4) is 0 Å². The molecule has 3 rings (SSSR count). The Labute approximate surface area is 203 Å². The predicted octanol–water partition coefficient (Wildman–Crippen LogP) is 5.72. The van der Waals surface area contributed by atoms with Crippen molar-refractivity contribution in [1.82, 2.24) is 9.62 Å². The molecule has 3 aromatic carbocycles. The number of hydrogen-bond donors (Lipinski definition) is 1. The maximum atomic E-state index is 13.3. The number of carbonyl (C=O) groups excluding carboxylic acids is 1. The lowest BCUT2D eigenvalue weighted by molar-refractivity contribution is -0.122. The van der Waals surface area contributed by atoms with Crippen LogP contribution in [-0.4, -0.2) is 25.2 Å². The zero-order chi connectivity index (χ0) is 23.3. The van der Waals surface area contributed by atoms with Gasteiger partial charge in [0.1, 0.15) is 0 Å². The molecule has 0 aliphatic carbocycles. The monoisotopic (exact) mass is 510 g/mol. The molecule has 5 nitrogen and oxygen atoms in total. The smallest absolute Gasteiger partial charge is 0.243 e. The second-order valence-corrected chi connectivity index (χ2v) is 10.4. The molecule has 9 heteroatoms. The average molecular weight is 512 g/mol. The Bertz CT molecular complexity index is 1180. The first-order chi connectivity index (χ1) is 15.2. The summed E-state index contributed by atoms with van der Waals surface area (Å²) in [4.78, 5) is 12.8. The third-order valence-corrected chi connectivity index (χ3v) is 7.50. The highest BCUT2D eigenvalue weighted by atomic mass is 35.5. The van der Waals surface area contributed by atoms with E-state index in [0.717, 1.165) is 9.87 Å². The molecular weight excluding hydrogens is 491 g/mol.